The van der Waals surface area contributed by atoms with Crippen molar-refractivity contribution >= 4 is 11.5 Å². The number of hydrogen-bond acceptors (Lipinski definition) is 2. The molecule has 0 atom stereocenters. The van der Waals surface area contributed by atoms with Gasteiger partial charge in [-0.2, -0.15) is 0 Å². The van der Waals surface area contributed by atoms with Gasteiger partial charge in [-0.15, -0.1) is 0 Å². The molecule has 2 nitrogen and oxygen atoms in total. The van der Waals surface area contributed by atoms with Crippen LogP contribution in [0.2, 0.25) is 0 Å². The number of fused-ring (bicyclic) bond motifs is 1. The molecule has 0 aliphatic carbocycles. The number of allylic oxidation sites excluding steroid dienone is 1. The smallest absolute Gasteiger partial charge is 0.343 e. The van der Waals surface area contributed by atoms with Crippen molar-refractivity contribution in [3.05, 3.63) is 35.9 Å². The van der Waals surface area contributed by atoms with Crippen LogP contribution in [-0.2, 0) is 4.79 Å². The summed E-state index contributed by atoms with van der Waals surface area (Å²) in [6.45, 7) is 1.83. The molecule has 0 bridgehead atoms. The maximum absolute atomic E-state index is 11.2. The summed E-state index contributed by atoms with van der Waals surface area (Å²) in [6.07, 6.45) is 1.77. The summed E-state index contributed by atoms with van der Waals surface area (Å²) in [5.41, 5.74) is 1.55. The van der Waals surface area contributed by atoms with E-state index in [0.717, 1.165) is 5.56 Å². The zero-order chi connectivity index (χ0) is 8.55. The lowest BCUT2D eigenvalue weighted by atomic mass is 10.1. The predicted molar refractivity (Wildman–Crippen MR) is 45.7 cm³/mol. The van der Waals surface area contributed by atoms with Gasteiger partial charge >= 0.3 is 5.97 Å². The number of hydrogen-bond donors (Lipinski definition) is 0. The first-order chi connectivity index (χ1) is 5.83. The second-order valence-corrected chi connectivity index (χ2v) is 2.59. The lowest BCUT2D eigenvalue weighted by molar-refractivity contribution is -0.126. The van der Waals surface area contributed by atoms with Crippen LogP contribution in [0.4, 0.5) is 0 Å². The molecule has 0 unspecified atom stereocenters. The second kappa shape index (κ2) is 2.48. The Balaban J connectivity index is 2.62. The van der Waals surface area contributed by atoms with E-state index in [1.54, 1.807) is 12.1 Å². The average molecular weight is 160 g/mol. The maximum atomic E-state index is 11.2. The van der Waals surface area contributed by atoms with Crippen LogP contribution in [0.15, 0.2) is 30.3 Å². The lowest BCUT2D eigenvalue weighted by Gasteiger charge is -1.92. The Hall–Kier alpha value is -1.57. The first kappa shape index (κ1) is 7.10. The van der Waals surface area contributed by atoms with Gasteiger partial charge in [0, 0.05) is 5.56 Å². The van der Waals surface area contributed by atoms with Gasteiger partial charge in [0.1, 0.15) is 5.75 Å². The summed E-state index contributed by atoms with van der Waals surface area (Å²) in [5, 5.41) is 0. The van der Waals surface area contributed by atoms with Gasteiger partial charge in [-0.25, -0.2) is 4.79 Å². The zero-order valence-electron chi connectivity index (χ0n) is 6.70. The summed E-state index contributed by atoms with van der Waals surface area (Å²) in [6, 6.07) is 7.42. The van der Waals surface area contributed by atoms with Crippen molar-refractivity contribution in [3.63, 3.8) is 0 Å². The molecule has 1 aliphatic heterocycles. The SMILES string of the molecule is C/C=C1\C(=O)Oc2ccccc21. The first-order valence-electron chi connectivity index (χ1n) is 3.81. The standard InChI is InChI=1S/C10H8O2/c1-2-7-8-5-3-4-6-9(8)12-10(7)11/h2-6H,1H3/b7-2-. The van der Waals surface area contributed by atoms with Gasteiger partial charge < -0.3 is 4.74 Å². The third kappa shape index (κ3) is 0.848. The molecule has 0 aromatic heterocycles. The molecule has 0 saturated carbocycles. The van der Waals surface area contributed by atoms with E-state index < -0.39 is 0 Å². The third-order valence-electron chi connectivity index (χ3n) is 1.89. The molecule has 1 aliphatic rings. The zero-order valence-corrected chi connectivity index (χ0v) is 6.70. The van der Waals surface area contributed by atoms with Crippen LogP contribution in [0.25, 0.3) is 5.57 Å². The molecule has 1 heterocycles. The largest absolute Gasteiger partial charge is 0.422 e. The number of ether oxygens (including phenoxy) is 1. The molecule has 1 aromatic carbocycles. The van der Waals surface area contributed by atoms with Crippen molar-refractivity contribution in [2.45, 2.75) is 6.92 Å². The highest BCUT2D eigenvalue weighted by molar-refractivity contribution is 6.21. The highest BCUT2D eigenvalue weighted by atomic mass is 16.5. The van der Waals surface area contributed by atoms with E-state index in [1.165, 1.54) is 0 Å². The highest BCUT2D eigenvalue weighted by Crippen LogP contribution is 2.33. The van der Waals surface area contributed by atoms with Crippen LogP contribution in [0, 0.1) is 0 Å². The fourth-order valence-corrected chi connectivity index (χ4v) is 1.32. The van der Waals surface area contributed by atoms with Crippen molar-refractivity contribution in [3.8, 4) is 5.75 Å². The van der Waals surface area contributed by atoms with Crippen LogP contribution in [0.1, 0.15) is 12.5 Å². The van der Waals surface area contributed by atoms with E-state index in [1.807, 2.05) is 25.1 Å². The van der Waals surface area contributed by atoms with E-state index in [2.05, 4.69) is 0 Å². The molecule has 2 heteroatoms. The van der Waals surface area contributed by atoms with Gasteiger partial charge in [0.25, 0.3) is 0 Å². The average Bonchev–Trinajstić information content (AvgIpc) is 2.40. The summed E-state index contributed by atoms with van der Waals surface area (Å²) < 4.78 is 5.00. The Labute approximate surface area is 70.5 Å². The molecule has 0 amide bonds. The topological polar surface area (TPSA) is 26.3 Å². The van der Waals surface area contributed by atoms with Crippen molar-refractivity contribution in [1.82, 2.24) is 0 Å². The molecule has 0 fully saturated rings. The number of rotatable bonds is 0. The summed E-state index contributed by atoms with van der Waals surface area (Å²) in [7, 11) is 0. The molecule has 0 radical (unpaired) electrons. The number of carbonyl (C=O) groups is 1. The van der Waals surface area contributed by atoms with Crippen LogP contribution in [0.5, 0.6) is 5.75 Å². The van der Waals surface area contributed by atoms with E-state index in [-0.39, 0.29) is 5.97 Å². The monoisotopic (exact) mass is 160 g/mol. The second-order valence-electron chi connectivity index (χ2n) is 2.59. The van der Waals surface area contributed by atoms with Crippen LogP contribution in [-0.4, -0.2) is 5.97 Å². The fourth-order valence-electron chi connectivity index (χ4n) is 1.32. The van der Waals surface area contributed by atoms with Crippen molar-refractivity contribution in [2.24, 2.45) is 0 Å². The quantitative estimate of drug-likeness (QED) is 0.329. The predicted octanol–water partition coefficient (Wildman–Crippen LogP) is 2.01. The Morgan fingerprint density at radius 1 is 1.33 bits per heavy atom. The fraction of sp³-hybridized carbons (Fsp3) is 0.100. The number of benzene rings is 1. The Morgan fingerprint density at radius 2 is 2.08 bits per heavy atom. The van der Waals surface area contributed by atoms with Crippen LogP contribution >= 0.6 is 0 Å². The van der Waals surface area contributed by atoms with E-state index in [9.17, 15) is 4.79 Å². The Morgan fingerprint density at radius 3 is 2.83 bits per heavy atom. The molecule has 60 valence electrons. The minimum absolute atomic E-state index is 0.251. The van der Waals surface area contributed by atoms with Crippen molar-refractivity contribution < 1.29 is 9.53 Å². The molecule has 0 spiro atoms. The molecule has 12 heavy (non-hydrogen) atoms. The van der Waals surface area contributed by atoms with Gasteiger partial charge in [-0.05, 0) is 13.0 Å². The van der Waals surface area contributed by atoms with Gasteiger partial charge in [0.2, 0.25) is 0 Å². The summed E-state index contributed by atoms with van der Waals surface area (Å²) in [5.74, 6) is 0.411. The molecule has 0 N–H and O–H groups in total. The van der Waals surface area contributed by atoms with Crippen molar-refractivity contribution in [1.29, 1.82) is 0 Å². The number of esters is 1. The molecule has 0 saturated heterocycles. The van der Waals surface area contributed by atoms with Gasteiger partial charge in [0.05, 0.1) is 5.57 Å². The summed E-state index contributed by atoms with van der Waals surface area (Å²) in [4.78, 5) is 11.2. The Bertz CT molecular complexity index is 364. The number of carbonyl (C=O) groups excluding carboxylic acids is 1. The number of para-hydroxylation sites is 1. The highest BCUT2D eigenvalue weighted by Gasteiger charge is 2.24. The third-order valence-corrected chi connectivity index (χ3v) is 1.89. The molecule has 2 rings (SSSR count). The van der Waals surface area contributed by atoms with Gasteiger partial charge in [-0.1, -0.05) is 24.3 Å². The van der Waals surface area contributed by atoms with E-state index in [0.29, 0.717) is 11.3 Å². The first-order valence-corrected chi connectivity index (χ1v) is 3.81. The lowest BCUT2D eigenvalue weighted by Crippen LogP contribution is -1.99. The van der Waals surface area contributed by atoms with Crippen LogP contribution in [0.3, 0.4) is 0 Å². The normalized spacial score (nSPS) is 17.8. The molecule has 1 aromatic rings. The minimum Gasteiger partial charge on any atom is -0.422 e. The van der Waals surface area contributed by atoms with Crippen LogP contribution < -0.4 is 4.74 Å². The van der Waals surface area contributed by atoms with Crippen molar-refractivity contribution in [2.75, 3.05) is 0 Å². The summed E-state index contributed by atoms with van der Waals surface area (Å²) >= 11 is 0. The van der Waals surface area contributed by atoms with Gasteiger partial charge in [-0.3, -0.25) is 0 Å². The Kier molecular flexibility index (Phi) is 1.47. The van der Waals surface area contributed by atoms with Gasteiger partial charge in [0.15, 0.2) is 0 Å². The van der Waals surface area contributed by atoms with E-state index in [4.69, 9.17) is 4.74 Å². The maximum Gasteiger partial charge on any atom is 0.343 e. The molecular weight excluding hydrogens is 152 g/mol. The molecular formula is C10H8O2. The minimum atomic E-state index is -0.251. The van der Waals surface area contributed by atoms with E-state index >= 15 is 0 Å².